The Hall–Kier alpha value is -7.36. The van der Waals surface area contributed by atoms with E-state index in [-0.39, 0.29) is 0 Å². The molecule has 0 atom stereocenters. The molecule has 3 heteroatoms. The van der Waals surface area contributed by atoms with E-state index in [1.165, 1.54) is 22.3 Å². The number of fused-ring (bicyclic) bond motifs is 3. The summed E-state index contributed by atoms with van der Waals surface area (Å²) in [5, 5.41) is 0.975. The van der Waals surface area contributed by atoms with Gasteiger partial charge in [-0.3, -0.25) is 0 Å². The van der Waals surface area contributed by atoms with Crippen molar-refractivity contribution in [3.8, 4) is 78.3 Å². The largest absolute Gasteiger partial charge is 0.452 e. The molecule has 0 unspecified atom stereocenters. The predicted molar refractivity (Wildman–Crippen MR) is 227 cm³/mol. The van der Waals surface area contributed by atoms with Crippen LogP contribution < -0.4 is 0 Å². The van der Waals surface area contributed by atoms with Crippen LogP contribution >= 0.6 is 0 Å². The maximum atomic E-state index is 6.37. The maximum Gasteiger partial charge on any atom is 0.180 e. The molecule has 0 fully saturated rings. The van der Waals surface area contributed by atoms with Gasteiger partial charge in [0.1, 0.15) is 16.8 Å². The van der Waals surface area contributed by atoms with Crippen LogP contribution in [-0.2, 0) is 0 Å². The number of aromatic nitrogens is 2. The van der Waals surface area contributed by atoms with Crippen molar-refractivity contribution in [2.24, 2.45) is 0 Å². The van der Waals surface area contributed by atoms with Gasteiger partial charge in [-0.15, -0.1) is 0 Å². The molecule has 0 amide bonds. The first-order chi connectivity index (χ1) is 27.2. The Kier molecular flexibility index (Phi) is 8.16. The van der Waals surface area contributed by atoms with E-state index in [1.807, 2.05) is 36.4 Å². The molecule has 0 aliphatic carbocycles. The van der Waals surface area contributed by atoms with Gasteiger partial charge in [-0.05, 0) is 92.0 Å². The first-order valence-corrected chi connectivity index (χ1v) is 18.6. The third-order valence-electron chi connectivity index (χ3n) is 10.3. The Morgan fingerprint density at radius 3 is 1.25 bits per heavy atom. The van der Waals surface area contributed by atoms with Crippen LogP contribution in [0.15, 0.2) is 211 Å². The molecule has 10 aromatic rings. The molecule has 0 spiro atoms. The third-order valence-corrected chi connectivity index (χ3v) is 10.3. The molecule has 0 N–H and O–H groups in total. The van der Waals surface area contributed by atoms with Gasteiger partial charge in [0, 0.05) is 16.5 Å². The molecular formula is C52H34N2O. The van der Waals surface area contributed by atoms with Gasteiger partial charge >= 0.3 is 0 Å². The fourth-order valence-electron chi connectivity index (χ4n) is 7.45. The first kappa shape index (κ1) is 32.3. The summed E-state index contributed by atoms with van der Waals surface area (Å²) in [6.45, 7) is 0. The Bertz CT molecular complexity index is 2830. The molecule has 0 aliphatic heterocycles. The van der Waals surface area contributed by atoms with Gasteiger partial charge < -0.3 is 4.42 Å². The minimum Gasteiger partial charge on any atom is -0.452 e. The minimum absolute atomic E-state index is 0.657. The summed E-state index contributed by atoms with van der Waals surface area (Å²) in [6, 6.07) is 72.5. The Labute approximate surface area is 319 Å². The van der Waals surface area contributed by atoms with Gasteiger partial charge in [0.05, 0.1) is 0 Å². The standard InChI is InChI=1S/C52H34N2O/c1-4-13-35(14-5-1)37-23-27-39(28-24-37)44-32-45(40-29-25-38(26-30-40)36-15-6-2-7-16-36)34-46(33-44)42-19-12-20-43(31-42)52-53-49(41-17-8-3-9-18-41)51-50(54-52)47-21-10-11-22-48(47)55-51/h1-34H. The minimum atomic E-state index is 0.657. The fraction of sp³-hybridized carbons (Fsp3) is 0. The second-order valence-corrected chi connectivity index (χ2v) is 13.8. The summed E-state index contributed by atoms with van der Waals surface area (Å²) in [5.74, 6) is 0.657. The number of hydrogen-bond acceptors (Lipinski definition) is 3. The predicted octanol–water partition coefficient (Wildman–Crippen LogP) is 14.0. The van der Waals surface area contributed by atoms with Crippen LogP contribution in [0, 0.1) is 0 Å². The lowest BCUT2D eigenvalue weighted by molar-refractivity contribution is 0.667. The average molecular weight is 703 g/mol. The van der Waals surface area contributed by atoms with E-state index in [2.05, 4.69) is 170 Å². The second-order valence-electron chi connectivity index (χ2n) is 13.8. The van der Waals surface area contributed by atoms with Gasteiger partial charge in [-0.25, -0.2) is 9.97 Å². The summed E-state index contributed by atoms with van der Waals surface area (Å²) in [4.78, 5) is 10.3. The van der Waals surface area contributed by atoms with Crippen LogP contribution in [0.2, 0.25) is 0 Å². The normalized spacial score (nSPS) is 11.3. The highest BCUT2D eigenvalue weighted by molar-refractivity contribution is 6.07. The molecule has 3 nitrogen and oxygen atoms in total. The molecule has 8 aromatic carbocycles. The van der Waals surface area contributed by atoms with E-state index in [4.69, 9.17) is 14.4 Å². The van der Waals surface area contributed by atoms with Gasteiger partial charge in [0.2, 0.25) is 0 Å². The molecule has 2 aromatic heterocycles. The van der Waals surface area contributed by atoms with Gasteiger partial charge in [-0.2, -0.15) is 0 Å². The molecule has 0 radical (unpaired) electrons. The van der Waals surface area contributed by atoms with Crippen LogP contribution in [0.4, 0.5) is 0 Å². The maximum absolute atomic E-state index is 6.37. The zero-order valence-electron chi connectivity index (χ0n) is 29.9. The SMILES string of the molecule is c1ccc(-c2ccc(-c3cc(-c4ccc(-c5ccccc5)cc4)cc(-c4cccc(-c5nc(-c6ccccc6)c6oc7ccccc7c6n5)c4)c3)cc2)cc1. The summed E-state index contributed by atoms with van der Waals surface area (Å²) < 4.78 is 6.37. The van der Waals surface area contributed by atoms with Gasteiger partial charge in [0.25, 0.3) is 0 Å². The molecule has 0 bridgehead atoms. The molecule has 258 valence electrons. The van der Waals surface area contributed by atoms with Crippen molar-refractivity contribution in [3.05, 3.63) is 206 Å². The van der Waals surface area contributed by atoms with Crippen LogP contribution in [-0.4, -0.2) is 9.97 Å². The molecular weight excluding hydrogens is 669 g/mol. The van der Waals surface area contributed by atoms with Crippen molar-refractivity contribution in [3.63, 3.8) is 0 Å². The van der Waals surface area contributed by atoms with Crippen molar-refractivity contribution < 1.29 is 4.42 Å². The number of furan rings is 1. The number of benzene rings is 8. The number of para-hydroxylation sites is 1. The van der Waals surface area contributed by atoms with Crippen LogP contribution in [0.5, 0.6) is 0 Å². The van der Waals surface area contributed by atoms with E-state index < -0.39 is 0 Å². The summed E-state index contributed by atoms with van der Waals surface area (Å²) >= 11 is 0. The van der Waals surface area contributed by atoms with Gasteiger partial charge in [0.15, 0.2) is 11.4 Å². The fourth-order valence-corrected chi connectivity index (χ4v) is 7.45. The van der Waals surface area contributed by atoms with E-state index in [9.17, 15) is 0 Å². The van der Waals surface area contributed by atoms with Crippen molar-refractivity contribution in [1.82, 2.24) is 9.97 Å². The van der Waals surface area contributed by atoms with Crippen LogP contribution in [0.25, 0.3) is 100 Å². The number of hydrogen-bond donors (Lipinski definition) is 0. The molecule has 0 aliphatic rings. The van der Waals surface area contributed by atoms with E-state index in [0.717, 1.165) is 66.7 Å². The molecule has 10 rings (SSSR count). The molecule has 0 saturated carbocycles. The summed E-state index contributed by atoms with van der Waals surface area (Å²) in [6.07, 6.45) is 0. The smallest absolute Gasteiger partial charge is 0.180 e. The average Bonchev–Trinajstić information content (AvgIpc) is 3.66. The lowest BCUT2D eigenvalue weighted by Crippen LogP contribution is -1.94. The highest BCUT2D eigenvalue weighted by Crippen LogP contribution is 2.38. The third kappa shape index (κ3) is 6.28. The van der Waals surface area contributed by atoms with E-state index in [1.54, 1.807) is 0 Å². The molecule has 55 heavy (non-hydrogen) atoms. The highest BCUT2D eigenvalue weighted by Gasteiger charge is 2.18. The Morgan fingerprint density at radius 1 is 0.291 bits per heavy atom. The lowest BCUT2D eigenvalue weighted by atomic mass is 9.91. The van der Waals surface area contributed by atoms with Crippen molar-refractivity contribution >= 4 is 22.1 Å². The van der Waals surface area contributed by atoms with E-state index >= 15 is 0 Å². The quantitative estimate of drug-likeness (QED) is 0.166. The van der Waals surface area contributed by atoms with Crippen LogP contribution in [0.3, 0.4) is 0 Å². The number of nitrogens with zero attached hydrogens (tertiary/aromatic N) is 2. The first-order valence-electron chi connectivity index (χ1n) is 18.6. The molecule has 2 heterocycles. The Morgan fingerprint density at radius 2 is 0.691 bits per heavy atom. The molecule has 0 saturated heterocycles. The zero-order valence-corrected chi connectivity index (χ0v) is 29.9. The van der Waals surface area contributed by atoms with Gasteiger partial charge in [-0.1, -0.05) is 170 Å². The zero-order chi connectivity index (χ0) is 36.6. The lowest BCUT2D eigenvalue weighted by Gasteiger charge is -2.13. The summed E-state index contributed by atoms with van der Waals surface area (Å²) in [7, 11) is 0. The monoisotopic (exact) mass is 702 g/mol. The Balaban J connectivity index is 1.10. The van der Waals surface area contributed by atoms with Crippen molar-refractivity contribution in [2.75, 3.05) is 0 Å². The van der Waals surface area contributed by atoms with Crippen LogP contribution in [0.1, 0.15) is 0 Å². The highest BCUT2D eigenvalue weighted by atomic mass is 16.3. The summed E-state index contributed by atoms with van der Waals surface area (Å²) in [5.41, 5.74) is 16.6. The van der Waals surface area contributed by atoms with Crippen molar-refractivity contribution in [1.29, 1.82) is 0 Å². The topological polar surface area (TPSA) is 38.9 Å². The number of rotatable bonds is 7. The van der Waals surface area contributed by atoms with E-state index in [0.29, 0.717) is 11.4 Å². The second kappa shape index (κ2) is 13.9. The van der Waals surface area contributed by atoms with Crippen molar-refractivity contribution in [2.45, 2.75) is 0 Å².